The molecule has 0 aliphatic carbocycles. The van der Waals surface area contributed by atoms with Crippen molar-refractivity contribution in [3.05, 3.63) is 47.3 Å². The number of aryl methyl sites for hydroxylation is 1. The zero-order valence-corrected chi connectivity index (χ0v) is 11.0. The number of rotatable bonds is 3. The second-order valence-electron chi connectivity index (χ2n) is 4.24. The number of carbonyl (C=O) groups is 2. The van der Waals surface area contributed by atoms with E-state index in [9.17, 15) is 9.59 Å². The van der Waals surface area contributed by atoms with E-state index in [0.717, 1.165) is 5.69 Å². The molecule has 0 saturated carbocycles. The van der Waals surface area contributed by atoms with Gasteiger partial charge in [0.1, 0.15) is 11.3 Å². The fourth-order valence-corrected chi connectivity index (χ4v) is 1.62. The fraction of sp³-hybridized carbons (Fsp3) is 0.214. The third-order valence-corrected chi connectivity index (χ3v) is 2.93. The van der Waals surface area contributed by atoms with E-state index in [0.29, 0.717) is 16.9 Å². The summed E-state index contributed by atoms with van der Waals surface area (Å²) < 4.78 is 6.83. The molecule has 19 heavy (non-hydrogen) atoms. The van der Waals surface area contributed by atoms with Crippen LogP contribution in [0.3, 0.4) is 0 Å². The number of ketones is 1. The number of Topliss-reactive ketones (excluding diaryl/α,β-unsaturated/α-hetero) is 1. The highest BCUT2D eigenvalue weighted by atomic mass is 16.5. The number of benzene rings is 1. The Bertz CT molecular complexity index is 627. The van der Waals surface area contributed by atoms with Gasteiger partial charge in [0.25, 0.3) is 0 Å². The molecule has 0 aliphatic rings. The number of esters is 1. The first kappa shape index (κ1) is 13.0. The van der Waals surface area contributed by atoms with Gasteiger partial charge in [-0.3, -0.25) is 9.48 Å². The minimum Gasteiger partial charge on any atom is -0.423 e. The summed E-state index contributed by atoms with van der Waals surface area (Å²) >= 11 is 0. The van der Waals surface area contributed by atoms with E-state index in [-0.39, 0.29) is 5.78 Å². The quantitative estimate of drug-likeness (QED) is 0.481. The van der Waals surface area contributed by atoms with Gasteiger partial charge in [0.2, 0.25) is 0 Å². The summed E-state index contributed by atoms with van der Waals surface area (Å²) in [5.41, 5.74) is 1.75. The van der Waals surface area contributed by atoms with Crippen molar-refractivity contribution in [2.75, 3.05) is 0 Å². The highest BCUT2D eigenvalue weighted by molar-refractivity contribution is 5.94. The number of aromatic nitrogens is 2. The number of hydrogen-bond donors (Lipinski definition) is 0. The van der Waals surface area contributed by atoms with Crippen molar-refractivity contribution in [3.63, 3.8) is 0 Å². The minimum atomic E-state index is -0.457. The van der Waals surface area contributed by atoms with Gasteiger partial charge in [-0.1, -0.05) is 0 Å². The Morgan fingerprint density at radius 2 is 1.84 bits per heavy atom. The van der Waals surface area contributed by atoms with Crippen LogP contribution in [0.1, 0.15) is 33.3 Å². The third kappa shape index (κ3) is 2.70. The van der Waals surface area contributed by atoms with Crippen LogP contribution in [0.15, 0.2) is 30.5 Å². The lowest BCUT2D eigenvalue weighted by Gasteiger charge is -2.04. The van der Waals surface area contributed by atoms with Gasteiger partial charge in [0.15, 0.2) is 5.78 Å². The number of carbonyl (C=O) groups excluding carboxylic acids is 2. The molecule has 0 fully saturated rings. The molecule has 1 aromatic carbocycles. The van der Waals surface area contributed by atoms with Gasteiger partial charge in [-0.2, -0.15) is 5.10 Å². The van der Waals surface area contributed by atoms with Crippen LogP contribution in [-0.2, 0) is 7.05 Å². The normalized spacial score (nSPS) is 10.3. The molecule has 5 nitrogen and oxygen atoms in total. The predicted octanol–water partition coefficient (Wildman–Crippen LogP) is 2.15. The van der Waals surface area contributed by atoms with Crippen molar-refractivity contribution < 1.29 is 14.3 Å². The molecule has 2 aromatic rings. The largest absolute Gasteiger partial charge is 0.423 e. The Hall–Kier alpha value is -2.43. The van der Waals surface area contributed by atoms with Crippen molar-refractivity contribution in [3.8, 4) is 5.75 Å². The Balaban J connectivity index is 2.15. The summed E-state index contributed by atoms with van der Waals surface area (Å²) in [5.74, 6) is -0.0830. The molecule has 0 spiro atoms. The van der Waals surface area contributed by atoms with E-state index < -0.39 is 5.97 Å². The van der Waals surface area contributed by atoms with Crippen molar-refractivity contribution in [1.29, 1.82) is 0 Å². The molecule has 0 radical (unpaired) electrons. The average Bonchev–Trinajstić information content (AvgIpc) is 2.70. The lowest BCUT2D eigenvalue weighted by molar-refractivity contribution is 0.0734. The molecule has 1 heterocycles. The minimum absolute atomic E-state index is 0.0269. The summed E-state index contributed by atoms with van der Waals surface area (Å²) in [7, 11) is 1.76. The highest BCUT2D eigenvalue weighted by Gasteiger charge is 2.15. The molecule has 5 heteroatoms. The van der Waals surface area contributed by atoms with Crippen LogP contribution in [-0.4, -0.2) is 21.5 Å². The van der Waals surface area contributed by atoms with Gasteiger partial charge in [0.05, 0.1) is 6.20 Å². The zero-order chi connectivity index (χ0) is 14.0. The molecule has 0 atom stereocenters. The van der Waals surface area contributed by atoms with Crippen molar-refractivity contribution in [1.82, 2.24) is 9.78 Å². The first-order valence-electron chi connectivity index (χ1n) is 5.81. The van der Waals surface area contributed by atoms with E-state index >= 15 is 0 Å². The Morgan fingerprint density at radius 1 is 1.21 bits per heavy atom. The second-order valence-corrected chi connectivity index (χ2v) is 4.24. The summed E-state index contributed by atoms with van der Waals surface area (Å²) in [5, 5.41) is 3.99. The number of ether oxygens (including phenoxy) is 1. The lowest BCUT2D eigenvalue weighted by atomic mass is 10.1. The van der Waals surface area contributed by atoms with Crippen LogP contribution in [0.5, 0.6) is 5.75 Å². The molecule has 0 N–H and O–H groups in total. The van der Waals surface area contributed by atoms with E-state index in [2.05, 4.69) is 5.10 Å². The number of nitrogens with zero attached hydrogens (tertiary/aromatic N) is 2. The lowest BCUT2D eigenvalue weighted by Crippen LogP contribution is -2.10. The summed E-state index contributed by atoms with van der Waals surface area (Å²) in [6.45, 7) is 3.28. The summed E-state index contributed by atoms with van der Waals surface area (Å²) in [6.07, 6.45) is 1.47. The molecule has 1 aromatic heterocycles. The first-order valence-corrected chi connectivity index (χ1v) is 5.81. The molecule has 0 saturated heterocycles. The Morgan fingerprint density at radius 3 is 2.32 bits per heavy atom. The summed E-state index contributed by atoms with van der Waals surface area (Å²) in [6, 6.07) is 6.45. The summed E-state index contributed by atoms with van der Waals surface area (Å²) in [4.78, 5) is 23.1. The fourth-order valence-electron chi connectivity index (χ4n) is 1.62. The van der Waals surface area contributed by atoms with Gasteiger partial charge >= 0.3 is 5.97 Å². The maximum absolute atomic E-state index is 11.9. The molecule has 98 valence electrons. The highest BCUT2D eigenvalue weighted by Crippen LogP contribution is 2.15. The van der Waals surface area contributed by atoms with Crippen LogP contribution >= 0.6 is 0 Å². The van der Waals surface area contributed by atoms with Crippen molar-refractivity contribution in [2.24, 2.45) is 7.05 Å². The Kier molecular flexibility index (Phi) is 3.46. The molecular formula is C14H14N2O3. The smallest absolute Gasteiger partial charge is 0.347 e. The maximum atomic E-state index is 11.9. The molecule has 0 unspecified atom stereocenters. The monoisotopic (exact) mass is 258 g/mol. The van der Waals surface area contributed by atoms with Crippen LogP contribution < -0.4 is 4.74 Å². The van der Waals surface area contributed by atoms with Crippen LogP contribution in [0.2, 0.25) is 0 Å². The molecular weight excluding hydrogens is 244 g/mol. The van der Waals surface area contributed by atoms with Crippen LogP contribution in [0, 0.1) is 6.92 Å². The van der Waals surface area contributed by atoms with Crippen molar-refractivity contribution >= 4 is 11.8 Å². The first-order chi connectivity index (χ1) is 8.99. The molecule has 0 aliphatic heterocycles. The van der Waals surface area contributed by atoms with Gasteiger partial charge in [-0.15, -0.1) is 0 Å². The van der Waals surface area contributed by atoms with E-state index in [1.165, 1.54) is 13.1 Å². The SMILES string of the molecule is CC(=O)c1ccc(OC(=O)c2cnn(C)c2C)cc1. The van der Waals surface area contributed by atoms with Gasteiger partial charge in [0, 0.05) is 18.3 Å². The third-order valence-electron chi connectivity index (χ3n) is 2.93. The topological polar surface area (TPSA) is 61.2 Å². The number of hydrogen-bond acceptors (Lipinski definition) is 4. The predicted molar refractivity (Wildman–Crippen MR) is 69.4 cm³/mol. The second kappa shape index (κ2) is 5.06. The molecule has 2 rings (SSSR count). The van der Waals surface area contributed by atoms with Gasteiger partial charge in [-0.05, 0) is 38.1 Å². The average molecular weight is 258 g/mol. The van der Waals surface area contributed by atoms with E-state index in [1.807, 2.05) is 0 Å². The van der Waals surface area contributed by atoms with E-state index in [1.54, 1.807) is 42.9 Å². The zero-order valence-electron chi connectivity index (χ0n) is 11.0. The molecule has 0 bridgehead atoms. The van der Waals surface area contributed by atoms with Crippen molar-refractivity contribution in [2.45, 2.75) is 13.8 Å². The molecule has 0 amide bonds. The van der Waals surface area contributed by atoms with Gasteiger partial charge in [-0.25, -0.2) is 4.79 Å². The van der Waals surface area contributed by atoms with Crippen LogP contribution in [0.4, 0.5) is 0 Å². The van der Waals surface area contributed by atoms with E-state index in [4.69, 9.17) is 4.74 Å². The maximum Gasteiger partial charge on any atom is 0.347 e. The van der Waals surface area contributed by atoms with Crippen LogP contribution in [0.25, 0.3) is 0 Å². The Labute approximate surface area is 110 Å². The van der Waals surface area contributed by atoms with Gasteiger partial charge < -0.3 is 4.74 Å². The standard InChI is InChI=1S/C14H14N2O3/c1-9-13(8-15-16(9)3)14(18)19-12-6-4-11(5-7-12)10(2)17/h4-8H,1-3H3.